The molecule has 0 radical (unpaired) electrons. The Bertz CT molecular complexity index is 368. The van der Waals surface area contributed by atoms with E-state index in [0.717, 1.165) is 5.56 Å². The van der Waals surface area contributed by atoms with Crippen LogP contribution in [0.2, 0.25) is 0 Å². The van der Waals surface area contributed by atoms with Crippen molar-refractivity contribution in [2.75, 3.05) is 0 Å². The molecule has 0 heterocycles. The number of carbonyl (C=O) groups is 2. The molecule has 1 atom stereocenters. The number of hydrogen-bond donors (Lipinski definition) is 2. The van der Waals surface area contributed by atoms with Crippen LogP contribution in [0.5, 0.6) is 0 Å². The molecule has 0 aliphatic heterocycles. The molecule has 0 bridgehead atoms. The SMILES string of the molecule is NC(=O)CC(Br)C(=O)NCc1ccccc1. The molecule has 0 aliphatic carbocycles. The van der Waals surface area contributed by atoms with Crippen molar-refractivity contribution in [1.29, 1.82) is 0 Å². The Morgan fingerprint density at radius 1 is 1.31 bits per heavy atom. The summed E-state index contributed by atoms with van der Waals surface area (Å²) in [5.41, 5.74) is 6.00. The van der Waals surface area contributed by atoms with Gasteiger partial charge in [0.2, 0.25) is 11.8 Å². The monoisotopic (exact) mass is 284 g/mol. The van der Waals surface area contributed by atoms with E-state index in [9.17, 15) is 9.59 Å². The zero-order valence-electron chi connectivity index (χ0n) is 8.65. The fourth-order valence-corrected chi connectivity index (χ4v) is 1.65. The fourth-order valence-electron chi connectivity index (χ4n) is 1.17. The molecule has 3 N–H and O–H groups in total. The number of alkyl halides is 1. The van der Waals surface area contributed by atoms with Gasteiger partial charge in [0.25, 0.3) is 0 Å². The van der Waals surface area contributed by atoms with Gasteiger partial charge < -0.3 is 11.1 Å². The zero-order valence-corrected chi connectivity index (χ0v) is 10.2. The van der Waals surface area contributed by atoms with Gasteiger partial charge in [-0.05, 0) is 5.56 Å². The van der Waals surface area contributed by atoms with E-state index in [2.05, 4.69) is 21.2 Å². The van der Waals surface area contributed by atoms with Gasteiger partial charge in [-0.2, -0.15) is 0 Å². The van der Waals surface area contributed by atoms with E-state index < -0.39 is 10.7 Å². The Balaban J connectivity index is 2.38. The van der Waals surface area contributed by atoms with E-state index in [0.29, 0.717) is 6.54 Å². The standard InChI is InChI=1S/C11H13BrN2O2/c12-9(6-10(13)15)11(16)14-7-8-4-2-1-3-5-8/h1-5,9H,6-7H2,(H2,13,15)(H,14,16). The van der Waals surface area contributed by atoms with Gasteiger partial charge in [0.05, 0.1) is 0 Å². The van der Waals surface area contributed by atoms with Crippen LogP contribution in [-0.4, -0.2) is 16.6 Å². The highest BCUT2D eigenvalue weighted by molar-refractivity contribution is 9.10. The number of primary amides is 1. The maximum absolute atomic E-state index is 11.5. The molecule has 5 heteroatoms. The molecule has 1 aromatic rings. The first-order valence-electron chi connectivity index (χ1n) is 4.83. The second-order valence-corrected chi connectivity index (χ2v) is 4.45. The lowest BCUT2D eigenvalue weighted by molar-refractivity contribution is -0.124. The van der Waals surface area contributed by atoms with Crippen molar-refractivity contribution in [3.63, 3.8) is 0 Å². The average Bonchev–Trinajstić information content (AvgIpc) is 2.26. The molecule has 0 spiro atoms. The molecule has 16 heavy (non-hydrogen) atoms. The lowest BCUT2D eigenvalue weighted by Crippen LogP contribution is -2.33. The van der Waals surface area contributed by atoms with Crippen LogP contribution < -0.4 is 11.1 Å². The molecule has 0 saturated carbocycles. The van der Waals surface area contributed by atoms with Crippen molar-refractivity contribution in [3.05, 3.63) is 35.9 Å². The quantitative estimate of drug-likeness (QED) is 0.790. The smallest absolute Gasteiger partial charge is 0.234 e. The van der Waals surface area contributed by atoms with Crippen molar-refractivity contribution >= 4 is 27.7 Å². The lowest BCUT2D eigenvalue weighted by atomic mass is 10.2. The molecule has 1 rings (SSSR count). The van der Waals surface area contributed by atoms with E-state index in [1.165, 1.54) is 0 Å². The predicted molar refractivity (Wildman–Crippen MR) is 64.8 cm³/mol. The van der Waals surface area contributed by atoms with Gasteiger partial charge in [-0.25, -0.2) is 0 Å². The van der Waals surface area contributed by atoms with E-state index in [4.69, 9.17) is 5.73 Å². The van der Waals surface area contributed by atoms with E-state index in [1.807, 2.05) is 30.3 Å². The van der Waals surface area contributed by atoms with Crippen LogP contribution in [0.3, 0.4) is 0 Å². The molecule has 1 aromatic carbocycles. The molecule has 4 nitrogen and oxygen atoms in total. The lowest BCUT2D eigenvalue weighted by Gasteiger charge is -2.09. The summed E-state index contributed by atoms with van der Waals surface area (Å²) < 4.78 is 0. The maximum atomic E-state index is 11.5. The van der Waals surface area contributed by atoms with Gasteiger partial charge in [0.1, 0.15) is 4.83 Å². The van der Waals surface area contributed by atoms with Gasteiger partial charge in [-0.1, -0.05) is 46.3 Å². The predicted octanol–water partition coefficient (Wildman–Crippen LogP) is 0.942. The third kappa shape index (κ3) is 4.44. The topological polar surface area (TPSA) is 72.2 Å². The molecule has 86 valence electrons. The molecule has 0 fully saturated rings. The van der Waals surface area contributed by atoms with Crippen LogP contribution in [0.15, 0.2) is 30.3 Å². The van der Waals surface area contributed by atoms with Crippen molar-refractivity contribution in [1.82, 2.24) is 5.32 Å². The Morgan fingerprint density at radius 2 is 1.94 bits per heavy atom. The van der Waals surface area contributed by atoms with Gasteiger partial charge in [0.15, 0.2) is 0 Å². The molecular weight excluding hydrogens is 272 g/mol. The van der Waals surface area contributed by atoms with Gasteiger partial charge in [-0.15, -0.1) is 0 Å². The van der Waals surface area contributed by atoms with Crippen LogP contribution >= 0.6 is 15.9 Å². The van der Waals surface area contributed by atoms with Gasteiger partial charge in [0, 0.05) is 13.0 Å². The van der Waals surface area contributed by atoms with E-state index >= 15 is 0 Å². The summed E-state index contributed by atoms with van der Waals surface area (Å²) in [6, 6.07) is 9.54. The first-order valence-corrected chi connectivity index (χ1v) is 5.75. The second-order valence-electron chi connectivity index (χ2n) is 3.34. The van der Waals surface area contributed by atoms with Crippen LogP contribution in [0, 0.1) is 0 Å². The van der Waals surface area contributed by atoms with E-state index in [-0.39, 0.29) is 12.3 Å². The summed E-state index contributed by atoms with van der Waals surface area (Å²) in [4.78, 5) is 21.5. The average molecular weight is 285 g/mol. The normalized spacial score (nSPS) is 11.8. The van der Waals surface area contributed by atoms with Crippen LogP contribution in [0.1, 0.15) is 12.0 Å². The number of hydrogen-bond acceptors (Lipinski definition) is 2. The summed E-state index contributed by atoms with van der Waals surface area (Å²) >= 11 is 3.10. The molecule has 0 aromatic heterocycles. The van der Waals surface area contributed by atoms with Crippen LogP contribution in [-0.2, 0) is 16.1 Å². The van der Waals surface area contributed by atoms with Crippen molar-refractivity contribution in [2.45, 2.75) is 17.8 Å². The minimum absolute atomic E-state index is 0.000618. The first kappa shape index (κ1) is 12.7. The highest BCUT2D eigenvalue weighted by atomic mass is 79.9. The Morgan fingerprint density at radius 3 is 2.50 bits per heavy atom. The first-order chi connectivity index (χ1) is 7.59. The molecule has 0 aliphatic rings. The third-order valence-corrected chi connectivity index (χ3v) is 2.71. The maximum Gasteiger partial charge on any atom is 0.234 e. The van der Waals surface area contributed by atoms with Gasteiger partial charge >= 0.3 is 0 Å². The Hall–Kier alpha value is -1.36. The molecule has 0 saturated heterocycles. The van der Waals surface area contributed by atoms with Crippen LogP contribution in [0.25, 0.3) is 0 Å². The van der Waals surface area contributed by atoms with Crippen molar-refractivity contribution in [3.8, 4) is 0 Å². The summed E-state index contributed by atoms with van der Waals surface area (Å²) in [7, 11) is 0. The number of rotatable bonds is 5. The third-order valence-electron chi connectivity index (χ3n) is 1.97. The van der Waals surface area contributed by atoms with Crippen molar-refractivity contribution in [2.24, 2.45) is 5.73 Å². The van der Waals surface area contributed by atoms with Crippen LogP contribution in [0.4, 0.5) is 0 Å². The fraction of sp³-hybridized carbons (Fsp3) is 0.273. The number of benzene rings is 1. The highest BCUT2D eigenvalue weighted by Gasteiger charge is 2.16. The Labute approximate surface area is 102 Å². The number of nitrogens with one attached hydrogen (secondary N) is 1. The highest BCUT2D eigenvalue weighted by Crippen LogP contribution is 2.05. The minimum Gasteiger partial charge on any atom is -0.370 e. The summed E-state index contributed by atoms with van der Waals surface area (Å²) in [5, 5.41) is 2.71. The van der Waals surface area contributed by atoms with Crippen molar-refractivity contribution < 1.29 is 9.59 Å². The molecule has 2 amide bonds. The number of halogens is 1. The number of carbonyl (C=O) groups excluding carboxylic acids is 2. The minimum atomic E-state index is -0.561. The summed E-state index contributed by atoms with van der Waals surface area (Å²) in [6.45, 7) is 0.445. The summed E-state index contributed by atoms with van der Waals surface area (Å²) in [6.07, 6.45) is 0.000618. The second kappa shape index (κ2) is 6.27. The largest absolute Gasteiger partial charge is 0.370 e. The summed E-state index contributed by atoms with van der Waals surface area (Å²) in [5.74, 6) is -0.737. The number of nitrogens with two attached hydrogens (primary N) is 1. The zero-order chi connectivity index (χ0) is 12.0. The molecule has 1 unspecified atom stereocenters. The van der Waals surface area contributed by atoms with E-state index in [1.54, 1.807) is 0 Å². The molecular formula is C11H13BrN2O2. The number of amides is 2. The Kier molecular flexibility index (Phi) is 4.98. The van der Waals surface area contributed by atoms with Gasteiger partial charge in [-0.3, -0.25) is 9.59 Å².